The third kappa shape index (κ3) is 7.18. The van der Waals surface area contributed by atoms with E-state index in [2.05, 4.69) is 5.32 Å². The highest BCUT2D eigenvalue weighted by Crippen LogP contribution is 2.32. The van der Waals surface area contributed by atoms with Gasteiger partial charge in [0.15, 0.2) is 11.5 Å². The van der Waals surface area contributed by atoms with E-state index in [0.717, 1.165) is 35.6 Å². The summed E-state index contributed by atoms with van der Waals surface area (Å²) in [6.45, 7) is 1.33. The van der Waals surface area contributed by atoms with Crippen molar-refractivity contribution < 1.29 is 27.5 Å². The van der Waals surface area contributed by atoms with Crippen LogP contribution >= 0.6 is 0 Å². The molecule has 41 heavy (non-hydrogen) atoms. The minimum atomic E-state index is -4.23. The van der Waals surface area contributed by atoms with Gasteiger partial charge in [-0.2, -0.15) is 0 Å². The minimum Gasteiger partial charge on any atom is -0.493 e. The molecule has 4 rings (SSSR count). The first-order valence-electron chi connectivity index (χ1n) is 13.7. The van der Waals surface area contributed by atoms with Gasteiger partial charge in [-0.3, -0.25) is 13.9 Å². The van der Waals surface area contributed by atoms with E-state index in [0.29, 0.717) is 11.4 Å². The molecule has 9 nitrogen and oxygen atoms in total. The lowest BCUT2D eigenvalue weighted by Gasteiger charge is -2.32. The molecule has 3 aromatic carbocycles. The van der Waals surface area contributed by atoms with Crippen molar-refractivity contribution in [2.24, 2.45) is 0 Å². The molecule has 1 aliphatic rings. The number of ether oxygens (including phenoxy) is 2. The van der Waals surface area contributed by atoms with Crippen LogP contribution in [0.4, 0.5) is 5.69 Å². The van der Waals surface area contributed by atoms with Crippen molar-refractivity contribution in [3.8, 4) is 11.5 Å². The van der Waals surface area contributed by atoms with E-state index in [1.54, 1.807) is 37.3 Å². The zero-order valence-electron chi connectivity index (χ0n) is 23.7. The summed E-state index contributed by atoms with van der Waals surface area (Å²) in [5.41, 5.74) is 1.15. The molecule has 3 aromatic rings. The summed E-state index contributed by atoms with van der Waals surface area (Å²) in [4.78, 5) is 28.7. The maximum absolute atomic E-state index is 14.0. The molecule has 1 fully saturated rings. The molecule has 0 radical (unpaired) electrons. The van der Waals surface area contributed by atoms with Crippen LogP contribution in [0.25, 0.3) is 0 Å². The number of rotatable bonds is 12. The van der Waals surface area contributed by atoms with Crippen LogP contribution in [-0.2, 0) is 26.2 Å². The normalized spacial score (nSPS) is 14.2. The summed E-state index contributed by atoms with van der Waals surface area (Å²) < 4.78 is 39.7. The van der Waals surface area contributed by atoms with E-state index < -0.39 is 28.5 Å². The number of sulfonamides is 1. The van der Waals surface area contributed by atoms with Crippen molar-refractivity contribution in [1.29, 1.82) is 0 Å². The summed E-state index contributed by atoms with van der Waals surface area (Å²) in [5.74, 6) is -0.133. The number of para-hydroxylation sites is 1. The molecule has 1 aliphatic carbocycles. The van der Waals surface area contributed by atoms with Crippen LogP contribution in [0.1, 0.15) is 38.2 Å². The van der Waals surface area contributed by atoms with Gasteiger partial charge in [0, 0.05) is 18.7 Å². The molecule has 1 atom stereocenters. The Morgan fingerprint density at radius 2 is 1.51 bits per heavy atom. The SMILES string of the molecule is COc1ccc(S(=O)(=O)N(CC(=O)N(Cc2ccccc2)C(C)C(=O)NC2CCCC2)c2ccccc2)cc1OC. The van der Waals surface area contributed by atoms with Gasteiger partial charge in [-0.15, -0.1) is 0 Å². The predicted molar refractivity (Wildman–Crippen MR) is 157 cm³/mol. The smallest absolute Gasteiger partial charge is 0.264 e. The molecule has 0 saturated heterocycles. The van der Waals surface area contributed by atoms with Crippen molar-refractivity contribution in [3.63, 3.8) is 0 Å². The Hall–Kier alpha value is -4.05. The van der Waals surface area contributed by atoms with Crippen LogP contribution in [0.3, 0.4) is 0 Å². The minimum absolute atomic E-state index is 0.0616. The van der Waals surface area contributed by atoms with E-state index in [1.165, 1.54) is 37.3 Å². The van der Waals surface area contributed by atoms with Crippen LogP contribution in [-0.4, -0.2) is 58.0 Å². The standard InChI is InChI=1S/C31H37N3O6S/c1-23(31(36)32-25-14-10-11-15-25)33(21-24-12-6-4-7-13-24)30(35)22-34(26-16-8-5-9-17-26)41(37,38)27-18-19-28(39-2)29(20-27)40-3/h4-9,12-13,16-20,23,25H,10-11,14-15,21-22H2,1-3H3,(H,32,36). The molecule has 218 valence electrons. The van der Waals surface area contributed by atoms with Gasteiger partial charge in [0.1, 0.15) is 12.6 Å². The lowest BCUT2D eigenvalue weighted by Crippen LogP contribution is -2.52. The molecule has 0 spiro atoms. The number of carbonyl (C=O) groups excluding carboxylic acids is 2. The van der Waals surface area contributed by atoms with Gasteiger partial charge in [-0.1, -0.05) is 61.4 Å². The van der Waals surface area contributed by atoms with Crippen LogP contribution in [0, 0.1) is 0 Å². The molecule has 0 aromatic heterocycles. The molecular weight excluding hydrogens is 542 g/mol. The van der Waals surface area contributed by atoms with Crippen molar-refractivity contribution in [2.75, 3.05) is 25.1 Å². The van der Waals surface area contributed by atoms with E-state index in [4.69, 9.17) is 9.47 Å². The maximum atomic E-state index is 14.0. The molecule has 10 heteroatoms. The highest BCUT2D eigenvalue weighted by atomic mass is 32.2. The number of methoxy groups -OCH3 is 2. The third-order valence-corrected chi connectivity index (χ3v) is 9.10. The quantitative estimate of drug-likeness (QED) is 0.342. The summed E-state index contributed by atoms with van der Waals surface area (Å²) in [5, 5.41) is 3.07. The molecule has 0 bridgehead atoms. The van der Waals surface area contributed by atoms with Crippen molar-refractivity contribution in [2.45, 2.75) is 56.1 Å². The monoisotopic (exact) mass is 579 g/mol. The van der Waals surface area contributed by atoms with E-state index in [-0.39, 0.29) is 29.1 Å². The molecule has 1 unspecified atom stereocenters. The van der Waals surface area contributed by atoms with Crippen molar-refractivity contribution in [1.82, 2.24) is 10.2 Å². The van der Waals surface area contributed by atoms with Crippen LogP contribution in [0.2, 0.25) is 0 Å². The number of anilines is 1. The number of nitrogens with zero attached hydrogens (tertiary/aromatic N) is 2. The van der Waals surface area contributed by atoms with E-state index in [9.17, 15) is 18.0 Å². The Labute approximate surface area is 242 Å². The predicted octanol–water partition coefficient (Wildman–Crippen LogP) is 4.38. The van der Waals surface area contributed by atoms with Gasteiger partial charge >= 0.3 is 0 Å². The number of hydrogen-bond acceptors (Lipinski definition) is 6. The molecular formula is C31H37N3O6S. The Kier molecular flexibility index (Phi) is 9.88. The van der Waals surface area contributed by atoms with Gasteiger partial charge in [0.2, 0.25) is 11.8 Å². The zero-order chi connectivity index (χ0) is 29.4. The molecule has 2 amide bonds. The van der Waals surface area contributed by atoms with Crippen molar-refractivity contribution >= 4 is 27.5 Å². The zero-order valence-corrected chi connectivity index (χ0v) is 24.5. The van der Waals surface area contributed by atoms with Gasteiger partial charge in [0.05, 0.1) is 24.8 Å². The average Bonchev–Trinajstić information content (AvgIpc) is 3.51. The topological polar surface area (TPSA) is 105 Å². The van der Waals surface area contributed by atoms with E-state index in [1.807, 2.05) is 30.3 Å². The summed E-state index contributed by atoms with van der Waals surface area (Å²) in [6, 6.07) is 21.3. The summed E-state index contributed by atoms with van der Waals surface area (Å²) in [7, 11) is -1.34. The van der Waals surface area contributed by atoms with E-state index >= 15 is 0 Å². The second-order valence-electron chi connectivity index (χ2n) is 10.0. The van der Waals surface area contributed by atoms with Gasteiger partial charge < -0.3 is 19.7 Å². The van der Waals surface area contributed by atoms with Crippen LogP contribution in [0.15, 0.2) is 83.8 Å². The Morgan fingerprint density at radius 3 is 2.12 bits per heavy atom. The number of carbonyl (C=O) groups is 2. The molecule has 0 heterocycles. The lowest BCUT2D eigenvalue weighted by atomic mass is 10.1. The highest BCUT2D eigenvalue weighted by molar-refractivity contribution is 7.92. The maximum Gasteiger partial charge on any atom is 0.264 e. The van der Waals surface area contributed by atoms with Gasteiger partial charge in [0.25, 0.3) is 10.0 Å². The van der Waals surface area contributed by atoms with Crippen LogP contribution < -0.4 is 19.1 Å². The molecule has 1 saturated carbocycles. The number of hydrogen-bond donors (Lipinski definition) is 1. The number of benzene rings is 3. The second-order valence-corrected chi connectivity index (χ2v) is 11.9. The largest absolute Gasteiger partial charge is 0.493 e. The highest BCUT2D eigenvalue weighted by Gasteiger charge is 2.33. The fourth-order valence-electron chi connectivity index (χ4n) is 4.98. The summed E-state index contributed by atoms with van der Waals surface area (Å²) in [6.07, 6.45) is 3.95. The Morgan fingerprint density at radius 1 is 0.902 bits per heavy atom. The first-order chi connectivity index (χ1) is 19.7. The fourth-order valence-corrected chi connectivity index (χ4v) is 6.41. The van der Waals surface area contributed by atoms with Crippen LogP contribution in [0.5, 0.6) is 11.5 Å². The third-order valence-electron chi connectivity index (χ3n) is 7.33. The first kappa shape index (κ1) is 29.9. The van der Waals surface area contributed by atoms with Crippen molar-refractivity contribution in [3.05, 3.63) is 84.4 Å². The fraction of sp³-hybridized carbons (Fsp3) is 0.355. The Bertz CT molecular complexity index is 1430. The number of amides is 2. The molecule has 0 aliphatic heterocycles. The summed E-state index contributed by atoms with van der Waals surface area (Å²) >= 11 is 0. The lowest BCUT2D eigenvalue weighted by molar-refractivity contribution is -0.139. The second kappa shape index (κ2) is 13.5. The van der Waals surface area contributed by atoms with Gasteiger partial charge in [-0.05, 0) is 49.6 Å². The first-order valence-corrected chi connectivity index (χ1v) is 15.1. The molecule has 1 N–H and O–H groups in total. The average molecular weight is 580 g/mol. The number of nitrogens with one attached hydrogen (secondary N) is 1. The Balaban J connectivity index is 1.68. The van der Waals surface area contributed by atoms with Gasteiger partial charge in [-0.25, -0.2) is 8.42 Å².